The highest BCUT2D eigenvalue weighted by molar-refractivity contribution is 6.31. The minimum absolute atomic E-state index is 0.139. The number of aromatic nitrogens is 4. The van der Waals surface area contributed by atoms with E-state index in [1.807, 2.05) is 79.1 Å². The number of anilines is 1. The lowest BCUT2D eigenvalue weighted by atomic mass is 9.99. The molecule has 1 atom stereocenters. The molecule has 0 aliphatic carbocycles. The van der Waals surface area contributed by atoms with Gasteiger partial charge in [-0.3, -0.25) is 9.69 Å². The Bertz CT molecular complexity index is 2040. The standard InChI is InChI=1S/C37H34Cl2N6O3/c1-24(25-9-11-27(38)12-10-25)45-23-41-33(26-6-3-2-4-7-26)35(45)32-29-14-13-28(39)22-31(29)42-34(32)36(46)43-30-8-5-15-40-37(30)48-21-18-44-16-19-47-20-17-44/h2-15,22-24,42H,16-21H2,1H3,(H,43,46). The number of ether oxygens (including phenoxy) is 2. The number of hydrogen-bond acceptors (Lipinski definition) is 6. The average Bonchev–Trinajstić information content (AvgIpc) is 3.71. The Morgan fingerprint density at radius 3 is 2.54 bits per heavy atom. The first-order valence-electron chi connectivity index (χ1n) is 15.8. The quantitative estimate of drug-likeness (QED) is 0.152. The number of aromatic amines is 1. The molecule has 2 N–H and O–H groups in total. The SMILES string of the molecule is CC(c1ccc(Cl)cc1)n1cnc(-c2ccccc2)c1-c1c(C(=O)Nc2cccnc2OCCN2CCOCC2)[nH]c2cc(Cl)ccc12. The van der Waals surface area contributed by atoms with Gasteiger partial charge in [0.1, 0.15) is 18.0 Å². The molecule has 0 spiro atoms. The van der Waals surface area contributed by atoms with Crippen LogP contribution in [0.25, 0.3) is 33.4 Å². The van der Waals surface area contributed by atoms with Crippen LogP contribution >= 0.6 is 23.2 Å². The van der Waals surface area contributed by atoms with E-state index < -0.39 is 0 Å². The van der Waals surface area contributed by atoms with Crippen molar-refractivity contribution in [1.82, 2.24) is 24.4 Å². The molecule has 48 heavy (non-hydrogen) atoms. The second kappa shape index (κ2) is 14.2. The van der Waals surface area contributed by atoms with Gasteiger partial charge in [-0.1, -0.05) is 71.7 Å². The second-order valence-corrected chi connectivity index (χ2v) is 12.5. The zero-order valence-corrected chi connectivity index (χ0v) is 27.8. The molecule has 1 aliphatic rings. The van der Waals surface area contributed by atoms with Gasteiger partial charge >= 0.3 is 0 Å². The van der Waals surface area contributed by atoms with Crippen LogP contribution in [-0.4, -0.2) is 69.8 Å². The fraction of sp³-hybridized carbons (Fsp3) is 0.216. The largest absolute Gasteiger partial charge is 0.475 e. The number of hydrogen-bond donors (Lipinski definition) is 2. The third-order valence-corrected chi connectivity index (χ3v) is 9.09. The van der Waals surface area contributed by atoms with Crippen molar-refractivity contribution in [2.24, 2.45) is 0 Å². The highest BCUT2D eigenvalue weighted by Crippen LogP contribution is 2.41. The number of carbonyl (C=O) groups excluding carboxylic acids is 1. The topological polar surface area (TPSA) is 97.3 Å². The van der Waals surface area contributed by atoms with Gasteiger partial charge < -0.3 is 24.3 Å². The number of pyridine rings is 1. The van der Waals surface area contributed by atoms with Crippen LogP contribution in [0, 0.1) is 0 Å². The van der Waals surface area contributed by atoms with Crippen molar-refractivity contribution in [2.75, 3.05) is 44.8 Å². The maximum atomic E-state index is 14.4. The van der Waals surface area contributed by atoms with Crippen molar-refractivity contribution in [3.8, 4) is 28.4 Å². The van der Waals surface area contributed by atoms with Gasteiger partial charge in [0.15, 0.2) is 0 Å². The molecule has 244 valence electrons. The van der Waals surface area contributed by atoms with E-state index >= 15 is 0 Å². The van der Waals surface area contributed by atoms with Gasteiger partial charge in [0.05, 0.1) is 37.0 Å². The van der Waals surface area contributed by atoms with Crippen LogP contribution in [-0.2, 0) is 4.74 Å². The molecule has 3 aromatic carbocycles. The summed E-state index contributed by atoms with van der Waals surface area (Å²) in [4.78, 5) is 29.4. The number of nitrogens with one attached hydrogen (secondary N) is 2. The number of amides is 1. The summed E-state index contributed by atoms with van der Waals surface area (Å²) in [6.45, 7) is 6.42. The van der Waals surface area contributed by atoms with Gasteiger partial charge in [0.25, 0.3) is 5.91 Å². The summed E-state index contributed by atoms with van der Waals surface area (Å²) >= 11 is 12.7. The van der Waals surface area contributed by atoms with Crippen molar-refractivity contribution < 1.29 is 14.3 Å². The fourth-order valence-corrected chi connectivity index (χ4v) is 6.38. The molecule has 1 unspecified atom stereocenters. The van der Waals surface area contributed by atoms with Crippen LogP contribution in [0.1, 0.15) is 29.0 Å². The Balaban J connectivity index is 1.30. The first-order chi connectivity index (χ1) is 23.5. The first-order valence-corrected chi connectivity index (χ1v) is 16.6. The Morgan fingerprint density at radius 1 is 0.979 bits per heavy atom. The zero-order chi connectivity index (χ0) is 33.0. The number of nitrogens with zero attached hydrogens (tertiary/aromatic N) is 4. The monoisotopic (exact) mass is 680 g/mol. The molecular weight excluding hydrogens is 647 g/mol. The van der Waals surface area contributed by atoms with Gasteiger partial charge in [-0.2, -0.15) is 0 Å². The summed E-state index contributed by atoms with van der Waals surface area (Å²) in [5.41, 5.74) is 5.76. The van der Waals surface area contributed by atoms with Gasteiger partial charge in [-0.05, 0) is 48.9 Å². The van der Waals surface area contributed by atoms with E-state index in [1.54, 1.807) is 18.3 Å². The molecule has 0 saturated carbocycles. The number of benzene rings is 3. The first kappa shape index (κ1) is 31.9. The minimum atomic E-state index is -0.353. The molecular formula is C37H34Cl2N6O3. The van der Waals surface area contributed by atoms with Crippen molar-refractivity contribution in [3.63, 3.8) is 0 Å². The van der Waals surface area contributed by atoms with Crippen LogP contribution in [0.4, 0.5) is 5.69 Å². The molecule has 1 fully saturated rings. The predicted molar refractivity (Wildman–Crippen MR) is 190 cm³/mol. The summed E-state index contributed by atoms with van der Waals surface area (Å²) < 4.78 is 13.6. The van der Waals surface area contributed by atoms with E-state index in [4.69, 9.17) is 37.7 Å². The Labute approximate surface area is 288 Å². The van der Waals surface area contributed by atoms with Crippen molar-refractivity contribution in [3.05, 3.63) is 119 Å². The number of imidazole rings is 1. The van der Waals surface area contributed by atoms with Crippen molar-refractivity contribution in [2.45, 2.75) is 13.0 Å². The molecule has 7 rings (SSSR count). The fourth-order valence-electron chi connectivity index (χ4n) is 6.08. The number of carbonyl (C=O) groups is 1. The van der Waals surface area contributed by atoms with Crippen LogP contribution in [0.2, 0.25) is 10.0 Å². The molecule has 9 nitrogen and oxygen atoms in total. The summed E-state index contributed by atoms with van der Waals surface area (Å²) in [7, 11) is 0. The molecule has 4 heterocycles. The van der Waals surface area contributed by atoms with Gasteiger partial charge in [-0.25, -0.2) is 9.97 Å². The number of halogens is 2. The summed E-state index contributed by atoms with van der Waals surface area (Å²) in [6, 6.07) is 26.7. The van der Waals surface area contributed by atoms with Crippen molar-refractivity contribution in [1.29, 1.82) is 0 Å². The average molecular weight is 682 g/mol. The zero-order valence-electron chi connectivity index (χ0n) is 26.3. The number of rotatable bonds is 10. The molecule has 3 aromatic heterocycles. The normalized spacial score (nSPS) is 14.2. The lowest BCUT2D eigenvalue weighted by Gasteiger charge is -2.26. The second-order valence-electron chi connectivity index (χ2n) is 11.6. The Hall–Kier alpha value is -4.67. The summed E-state index contributed by atoms with van der Waals surface area (Å²) in [5, 5.41) is 5.12. The molecule has 1 aliphatic heterocycles. The van der Waals surface area contributed by atoms with Gasteiger partial charge in [0.2, 0.25) is 5.88 Å². The lowest BCUT2D eigenvalue weighted by molar-refractivity contribution is 0.0320. The Kier molecular flexibility index (Phi) is 9.45. The maximum absolute atomic E-state index is 14.4. The predicted octanol–water partition coefficient (Wildman–Crippen LogP) is 7.97. The smallest absolute Gasteiger partial charge is 0.272 e. The number of morpholine rings is 1. The highest BCUT2D eigenvalue weighted by atomic mass is 35.5. The molecule has 0 bridgehead atoms. The van der Waals surface area contributed by atoms with Crippen LogP contribution in [0.5, 0.6) is 5.88 Å². The summed E-state index contributed by atoms with van der Waals surface area (Å²) in [6.07, 6.45) is 3.48. The third-order valence-electron chi connectivity index (χ3n) is 8.60. The third kappa shape index (κ3) is 6.68. The Morgan fingerprint density at radius 2 is 1.75 bits per heavy atom. The van der Waals surface area contributed by atoms with Gasteiger partial charge in [-0.15, -0.1) is 0 Å². The van der Waals surface area contributed by atoms with E-state index in [0.29, 0.717) is 52.7 Å². The molecule has 6 aromatic rings. The lowest BCUT2D eigenvalue weighted by Crippen LogP contribution is -2.38. The number of H-pyrrole nitrogens is 1. The minimum Gasteiger partial charge on any atom is -0.475 e. The van der Waals surface area contributed by atoms with E-state index in [9.17, 15) is 4.79 Å². The molecule has 11 heteroatoms. The number of fused-ring (bicyclic) bond motifs is 1. The van der Waals surface area contributed by atoms with E-state index in [1.165, 1.54) is 0 Å². The molecule has 1 amide bonds. The maximum Gasteiger partial charge on any atom is 0.272 e. The van der Waals surface area contributed by atoms with Crippen molar-refractivity contribution >= 4 is 45.7 Å². The highest BCUT2D eigenvalue weighted by Gasteiger charge is 2.28. The van der Waals surface area contributed by atoms with Crippen LogP contribution in [0.15, 0.2) is 97.5 Å². The summed E-state index contributed by atoms with van der Waals surface area (Å²) in [5.74, 6) is 0.000418. The molecule has 0 radical (unpaired) electrons. The van der Waals surface area contributed by atoms with E-state index in [-0.39, 0.29) is 11.9 Å². The van der Waals surface area contributed by atoms with Crippen LogP contribution in [0.3, 0.4) is 0 Å². The van der Waals surface area contributed by atoms with Crippen LogP contribution < -0.4 is 10.1 Å². The van der Waals surface area contributed by atoms with Gasteiger partial charge in [0, 0.05) is 57.9 Å². The van der Waals surface area contributed by atoms with E-state index in [0.717, 1.165) is 53.1 Å². The van der Waals surface area contributed by atoms with E-state index in [2.05, 4.69) is 31.7 Å². The molecule has 1 saturated heterocycles.